The van der Waals surface area contributed by atoms with Crippen LogP contribution in [0.4, 0.5) is 0 Å². The van der Waals surface area contributed by atoms with Gasteiger partial charge in [-0.15, -0.1) is 0 Å². The Hall–Kier alpha value is -1.04. The van der Waals surface area contributed by atoms with Crippen LogP contribution in [0, 0.1) is 7.05 Å². The van der Waals surface area contributed by atoms with Crippen LogP contribution in [0.25, 0.3) is 0 Å². The quantitative estimate of drug-likeness (QED) is 0.373. The molecule has 0 spiro atoms. The molecule has 0 aromatic carbocycles. The summed E-state index contributed by atoms with van der Waals surface area (Å²) in [6, 6.07) is 0. The van der Waals surface area contributed by atoms with Crippen LogP contribution in [0.15, 0.2) is 0 Å². The second kappa shape index (κ2) is 6.48. The van der Waals surface area contributed by atoms with Crippen LogP contribution in [0.5, 0.6) is 0 Å². The molecule has 0 fully saturated rings. The molecule has 0 aromatic rings. The molecule has 0 bridgehead atoms. The number of rotatable bonds is 6. The molecule has 2 amide bonds. The van der Waals surface area contributed by atoms with Crippen molar-refractivity contribution >= 4 is 19.7 Å². The number of amides is 2. The van der Waals surface area contributed by atoms with Crippen LogP contribution in [-0.2, 0) is 9.59 Å². The Labute approximate surface area is 79.1 Å². The number of hydrogen-bond donors (Lipinski definition) is 2. The van der Waals surface area contributed by atoms with Gasteiger partial charge in [-0.1, -0.05) is 0 Å². The van der Waals surface area contributed by atoms with Crippen molar-refractivity contribution in [2.45, 2.75) is 6.32 Å². The molecule has 0 aliphatic heterocycles. The third kappa shape index (κ3) is 5.24. The van der Waals surface area contributed by atoms with Gasteiger partial charge in [0.15, 0.2) is 0 Å². The maximum Gasteiger partial charge on any atom is 0.237 e. The number of nitrogens with zero attached hydrogens (tertiary/aromatic N) is 1. The van der Waals surface area contributed by atoms with Gasteiger partial charge in [-0.05, 0) is 6.32 Å². The second-order valence-corrected chi connectivity index (χ2v) is 2.44. The molecular formula is C7H12BN3O2. The summed E-state index contributed by atoms with van der Waals surface area (Å²) in [6.07, 6.45) is -0.141. The minimum atomic E-state index is -0.571. The number of primary amides is 1. The molecule has 0 aliphatic rings. The van der Waals surface area contributed by atoms with Crippen molar-refractivity contribution in [2.24, 2.45) is 5.73 Å². The molecule has 0 heterocycles. The summed E-state index contributed by atoms with van der Waals surface area (Å²) in [5.74, 6) is -0.895. The predicted molar refractivity (Wildman–Crippen MR) is 48.6 cm³/mol. The molecule has 0 aromatic heterocycles. The van der Waals surface area contributed by atoms with Gasteiger partial charge in [-0.25, -0.2) is 0 Å². The summed E-state index contributed by atoms with van der Waals surface area (Å²) in [6.45, 7) is 0.576. The van der Waals surface area contributed by atoms with Gasteiger partial charge >= 0.3 is 0 Å². The van der Waals surface area contributed by atoms with Gasteiger partial charge < -0.3 is 16.0 Å². The molecular weight excluding hydrogens is 169 g/mol. The van der Waals surface area contributed by atoms with Gasteiger partial charge in [-0.2, -0.15) is 0 Å². The third-order valence-electron chi connectivity index (χ3n) is 1.40. The smallest absolute Gasteiger partial charge is 0.237 e. The number of hydrogen-bond acceptors (Lipinski definition) is 3. The fourth-order valence-electron chi connectivity index (χ4n) is 0.809. The zero-order valence-corrected chi connectivity index (χ0v) is 7.32. The minimum Gasteiger partial charge on any atom is -0.368 e. The van der Waals surface area contributed by atoms with E-state index < -0.39 is 5.91 Å². The first-order valence-corrected chi connectivity index (χ1v) is 3.81. The Morgan fingerprint density at radius 3 is 2.54 bits per heavy atom. The molecule has 4 radical (unpaired) electrons. The third-order valence-corrected chi connectivity index (χ3v) is 1.40. The summed E-state index contributed by atoms with van der Waals surface area (Å²) in [7, 11) is 10.1. The highest BCUT2D eigenvalue weighted by atomic mass is 16.2. The van der Waals surface area contributed by atoms with Crippen molar-refractivity contribution in [3.63, 3.8) is 0 Å². The van der Waals surface area contributed by atoms with E-state index in [1.807, 2.05) is 0 Å². The van der Waals surface area contributed by atoms with Crippen LogP contribution in [0.2, 0.25) is 6.32 Å². The van der Waals surface area contributed by atoms with Gasteiger partial charge in [0.05, 0.1) is 14.4 Å². The van der Waals surface area contributed by atoms with E-state index in [1.54, 1.807) is 0 Å². The first-order valence-electron chi connectivity index (χ1n) is 3.81. The Balaban J connectivity index is 4.02. The minimum absolute atomic E-state index is 0.127. The predicted octanol–water partition coefficient (Wildman–Crippen LogP) is -1.85. The lowest BCUT2D eigenvalue weighted by atomic mass is 10.0. The molecule has 0 rings (SSSR count). The van der Waals surface area contributed by atoms with Crippen LogP contribution in [0.3, 0.4) is 0 Å². The first-order chi connectivity index (χ1) is 6.11. The van der Waals surface area contributed by atoms with Gasteiger partial charge in [0.2, 0.25) is 11.8 Å². The van der Waals surface area contributed by atoms with Crippen molar-refractivity contribution < 1.29 is 9.59 Å². The highest BCUT2D eigenvalue weighted by Gasteiger charge is 2.12. The maximum absolute atomic E-state index is 11.1. The van der Waals surface area contributed by atoms with Crippen molar-refractivity contribution in [1.82, 2.24) is 10.2 Å². The standard InChI is InChI=1S/C7H12BN3O2/c1-10-2-3-11(5-6(9)12)7(13)4-8/h1,10H,2-5H2,(H2,9,12). The molecule has 70 valence electrons. The van der Waals surface area contributed by atoms with E-state index in [0.717, 1.165) is 0 Å². The van der Waals surface area contributed by atoms with Crippen molar-refractivity contribution in [3.05, 3.63) is 7.05 Å². The van der Waals surface area contributed by atoms with E-state index in [-0.39, 0.29) is 18.8 Å². The Morgan fingerprint density at radius 1 is 1.54 bits per heavy atom. The van der Waals surface area contributed by atoms with Crippen LogP contribution >= 0.6 is 0 Å². The number of carbonyl (C=O) groups is 2. The number of carbonyl (C=O) groups excluding carboxylic acids is 2. The molecule has 0 saturated heterocycles. The van der Waals surface area contributed by atoms with Crippen molar-refractivity contribution in [1.29, 1.82) is 0 Å². The molecule has 0 unspecified atom stereocenters. The average molecular weight is 181 g/mol. The average Bonchev–Trinajstić information content (AvgIpc) is 2.10. The monoisotopic (exact) mass is 181 g/mol. The summed E-state index contributed by atoms with van der Waals surface area (Å²) in [4.78, 5) is 22.9. The summed E-state index contributed by atoms with van der Waals surface area (Å²) in [5, 5.41) is 2.36. The Morgan fingerprint density at radius 2 is 2.15 bits per heavy atom. The maximum atomic E-state index is 11.1. The molecule has 0 aliphatic carbocycles. The molecule has 0 saturated carbocycles. The van der Waals surface area contributed by atoms with E-state index in [9.17, 15) is 9.59 Å². The SMILES string of the molecule is [B]CC(=O)N(CCN[CH])CC(N)=O. The topological polar surface area (TPSA) is 75.4 Å². The van der Waals surface area contributed by atoms with Crippen LogP contribution in [-0.4, -0.2) is 44.2 Å². The lowest BCUT2D eigenvalue weighted by Crippen LogP contribution is -2.41. The lowest BCUT2D eigenvalue weighted by molar-refractivity contribution is -0.133. The molecule has 5 nitrogen and oxygen atoms in total. The lowest BCUT2D eigenvalue weighted by Gasteiger charge is -2.20. The second-order valence-electron chi connectivity index (χ2n) is 2.44. The van der Waals surface area contributed by atoms with Gasteiger partial charge in [-0.3, -0.25) is 9.59 Å². The van der Waals surface area contributed by atoms with E-state index in [4.69, 9.17) is 20.6 Å². The molecule has 0 atom stereocenters. The first kappa shape index (κ1) is 12.0. The summed E-state index contributed by atoms with van der Waals surface area (Å²) in [5.41, 5.74) is 4.93. The summed E-state index contributed by atoms with van der Waals surface area (Å²) < 4.78 is 0. The molecule has 6 heteroatoms. The van der Waals surface area contributed by atoms with Crippen molar-refractivity contribution in [3.8, 4) is 0 Å². The largest absolute Gasteiger partial charge is 0.368 e. The van der Waals surface area contributed by atoms with E-state index in [1.165, 1.54) is 4.90 Å². The number of nitrogens with two attached hydrogens (primary N) is 1. The van der Waals surface area contributed by atoms with Gasteiger partial charge in [0.25, 0.3) is 0 Å². The highest BCUT2D eigenvalue weighted by molar-refractivity contribution is 6.19. The van der Waals surface area contributed by atoms with E-state index in [0.29, 0.717) is 13.1 Å². The zero-order chi connectivity index (χ0) is 10.3. The van der Waals surface area contributed by atoms with Crippen molar-refractivity contribution in [2.75, 3.05) is 19.6 Å². The highest BCUT2D eigenvalue weighted by Crippen LogP contribution is 1.91. The summed E-state index contributed by atoms with van der Waals surface area (Å²) >= 11 is 0. The normalized spacial score (nSPS) is 9.62. The van der Waals surface area contributed by atoms with Crippen LogP contribution in [0.1, 0.15) is 0 Å². The Kier molecular flexibility index (Phi) is 5.96. The number of nitrogens with one attached hydrogen (secondary N) is 1. The van der Waals surface area contributed by atoms with E-state index >= 15 is 0 Å². The van der Waals surface area contributed by atoms with Crippen LogP contribution < -0.4 is 11.1 Å². The Bertz CT molecular complexity index is 187. The van der Waals surface area contributed by atoms with Gasteiger partial charge in [0, 0.05) is 20.1 Å². The zero-order valence-electron chi connectivity index (χ0n) is 7.32. The van der Waals surface area contributed by atoms with E-state index in [2.05, 4.69) is 5.32 Å². The molecule has 13 heavy (non-hydrogen) atoms. The van der Waals surface area contributed by atoms with Gasteiger partial charge in [0.1, 0.15) is 0 Å². The fourth-order valence-corrected chi connectivity index (χ4v) is 0.809. The molecule has 3 N–H and O–H groups in total. The fraction of sp³-hybridized carbons (Fsp3) is 0.571.